The van der Waals surface area contributed by atoms with Gasteiger partial charge in [0, 0.05) is 0 Å². The van der Waals surface area contributed by atoms with Crippen LogP contribution in [0.3, 0.4) is 0 Å². The molecule has 2 heteroatoms. The Morgan fingerprint density at radius 3 is 2.42 bits per heavy atom. The van der Waals surface area contributed by atoms with E-state index in [1.165, 1.54) is 18.9 Å². The predicted octanol–water partition coefficient (Wildman–Crippen LogP) is 1.86. The summed E-state index contributed by atoms with van der Waals surface area (Å²) in [7, 11) is 0. The van der Waals surface area contributed by atoms with Gasteiger partial charge in [-0.25, -0.2) is 0 Å². The summed E-state index contributed by atoms with van der Waals surface area (Å²) in [6.07, 6.45) is 5.19. The fourth-order valence-electron chi connectivity index (χ4n) is 1.11. The van der Waals surface area contributed by atoms with E-state index < -0.39 is 12.2 Å². The van der Waals surface area contributed by atoms with Crippen LogP contribution >= 0.6 is 0 Å². The number of aliphatic hydroxyl groups is 2. The number of hydrogen-bond donors (Lipinski definition) is 2. The van der Waals surface area contributed by atoms with E-state index in [2.05, 4.69) is 13.5 Å². The molecule has 0 aromatic rings. The molecule has 0 saturated heterocycles. The minimum atomic E-state index is -0.758. The van der Waals surface area contributed by atoms with Crippen LogP contribution in [0.15, 0.2) is 12.7 Å². The molecule has 2 atom stereocenters. The minimum Gasteiger partial charge on any atom is -0.390 e. The van der Waals surface area contributed by atoms with E-state index >= 15 is 0 Å². The molecule has 0 saturated carbocycles. The summed E-state index contributed by atoms with van der Waals surface area (Å²) in [5, 5.41) is 18.4. The van der Waals surface area contributed by atoms with Gasteiger partial charge in [-0.1, -0.05) is 38.7 Å². The third-order valence-corrected chi connectivity index (χ3v) is 1.99. The molecule has 0 aliphatic rings. The molecule has 0 aliphatic heterocycles. The topological polar surface area (TPSA) is 40.5 Å². The molecule has 0 unspecified atom stereocenters. The molecule has 0 radical (unpaired) electrons. The summed E-state index contributed by atoms with van der Waals surface area (Å²) in [4.78, 5) is 0. The monoisotopic (exact) mass is 172 g/mol. The van der Waals surface area contributed by atoms with Crippen molar-refractivity contribution in [3.05, 3.63) is 12.7 Å². The Hall–Kier alpha value is -0.340. The first kappa shape index (κ1) is 11.7. The summed E-state index contributed by atoms with van der Waals surface area (Å²) in [5.74, 6) is 0. The average molecular weight is 172 g/mol. The minimum absolute atomic E-state index is 0.626. The van der Waals surface area contributed by atoms with Crippen LogP contribution in [-0.2, 0) is 0 Å². The molecule has 2 nitrogen and oxygen atoms in total. The molecular weight excluding hydrogens is 152 g/mol. The number of hydrogen-bond acceptors (Lipinski definition) is 2. The van der Waals surface area contributed by atoms with Crippen LogP contribution in [-0.4, -0.2) is 22.4 Å². The average Bonchev–Trinajstić information content (AvgIpc) is 2.10. The molecule has 0 aromatic heterocycles. The molecule has 12 heavy (non-hydrogen) atoms. The lowest BCUT2D eigenvalue weighted by Crippen LogP contribution is -2.23. The molecule has 0 heterocycles. The van der Waals surface area contributed by atoms with Crippen LogP contribution in [0, 0.1) is 0 Å². The zero-order chi connectivity index (χ0) is 9.40. The van der Waals surface area contributed by atoms with Crippen LogP contribution in [0.25, 0.3) is 0 Å². The van der Waals surface area contributed by atoms with Crippen molar-refractivity contribution in [1.82, 2.24) is 0 Å². The molecule has 0 fully saturated rings. The normalized spacial score (nSPS) is 15.6. The van der Waals surface area contributed by atoms with Crippen molar-refractivity contribution in [3.8, 4) is 0 Å². The van der Waals surface area contributed by atoms with Crippen molar-refractivity contribution >= 4 is 0 Å². The molecule has 0 bridgehead atoms. The third kappa shape index (κ3) is 5.33. The quantitative estimate of drug-likeness (QED) is 0.454. The van der Waals surface area contributed by atoms with E-state index in [1.54, 1.807) is 0 Å². The van der Waals surface area contributed by atoms with Crippen LogP contribution in [0.5, 0.6) is 0 Å². The van der Waals surface area contributed by atoms with Crippen molar-refractivity contribution < 1.29 is 10.2 Å². The SMILES string of the molecule is C=C[C@H](O)[C@H](O)CCCCCC. The van der Waals surface area contributed by atoms with Gasteiger partial charge >= 0.3 is 0 Å². The van der Waals surface area contributed by atoms with Crippen LogP contribution in [0.4, 0.5) is 0 Å². The summed E-state index contributed by atoms with van der Waals surface area (Å²) >= 11 is 0. The van der Waals surface area contributed by atoms with Gasteiger partial charge in [0.15, 0.2) is 0 Å². The largest absolute Gasteiger partial charge is 0.390 e. The summed E-state index contributed by atoms with van der Waals surface area (Å²) in [6.45, 7) is 5.56. The highest BCUT2D eigenvalue weighted by molar-refractivity contribution is 4.83. The Bertz CT molecular complexity index is 112. The van der Waals surface area contributed by atoms with Crippen molar-refractivity contribution in [2.75, 3.05) is 0 Å². The van der Waals surface area contributed by atoms with Gasteiger partial charge in [-0.2, -0.15) is 0 Å². The van der Waals surface area contributed by atoms with Crippen molar-refractivity contribution in [2.24, 2.45) is 0 Å². The predicted molar refractivity (Wildman–Crippen MR) is 51.0 cm³/mol. The lowest BCUT2D eigenvalue weighted by molar-refractivity contribution is 0.0417. The fourth-order valence-corrected chi connectivity index (χ4v) is 1.11. The van der Waals surface area contributed by atoms with Crippen LogP contribution in [0.1, 0.15) is 39.0 Å². The second kappa shape index (κ2) is 7.32. The molecule has 72 valence electrons. The van der Waals surface area contributed by atoms with Gasteiger partial charge in [-0.3, -0.25) is 0 Å². The van der Waals surface area contributed by atoms with Crippen molar-refractivity contribution in [2.45, 2.75) is 51.2 Å². The Balaban J connectivity index is 3.30. The first-order valence-electron chi connectivity index (χ1n) is 4.71. The smallest absolute Gasteiger partial charge is 0.0977 e. The Kier molecular flexibility index (Phi) is 7.11. The summed E-state index contributed by atoms with van der Waals surface area (Å²) in [5.41, 5.74) is 0. The molecule has 0 aliphatic carbocycles. The number of aliphatic hydroxyl groups excluding tert-OH is 2. The maximum absolute atomic E-state index is 9.30. The standard InChI is InChI=1S/C10H20O2/c1-3-5-6-7-8-10(12)9(11)4-2/h4,9-12H,2-3,5-8H2,1H3/t9-,10+/m0/s1. The van der Waals surface area contributed by atoms with Gasteiger partial charge in [0.25, 0.3) is 0 Å². The van der Waals surface area contributed by atoms with Gasteiger partial charge in [0.05, 0.1) is 12.2 Å². The van der Waals surface area contributed by atoms with E-state index in [4.69, 9.17) is 5.11 Å². The molecule has 0 rings (SSSR count). The second-order valence-corrected chi connectivity index (χ2v) is 3.14. The van der Waals surface area contributed by atoms with E-state index in [0.717, 1.165) is 12.8 Å². The second-order valence-electron chi connectivity index (χ2n) is 3.14. The molecule has 0 amide bonds. The summed E-state index contributed by atoms with van der Waals surface area (Å²) in [6, 6.07) is 0. The van der Waals surface area contributed by atoms with Gasteiger partial charge < -0.3 is 10.2 Å². The van der Waals surface area contributed by atoms with Crippen molar-refractivity contribution in [1.29, 1.82) is 0 Å². The van der Waals surface area contributed by atoms with Gasteiger partial charge in [-0.15, -0.1) is 6.58 Å². The first-order chi connectivity index (χ1) is 5.72. The van der Waals surface area contributed by atoms with E-state index in [1.807, 2.05) is 0 Å². The lowest BCUT2D eigenvalue weighted by atomic mass is 10.1. The maximum atomic E-state index is 9.30. The molecule has 0 aromatic carbocycles. The van der Waals surface area contributed by atoms with Gasteiger partial charge in [-0.05, 0) is 6.42 Å². The number of unbranched alkanes of at least 4 members (excludes halogenated alkanes) is 3. The highest BCUT2D eigenvalue weighted by atomic mass is 16.3. The number of rotatable bonds is 7. The van der Waals surface area contributed by atoms with Gasteiger partial charge in [0.2, 0.25) is 0 Å². The van der Waals surface area contributed by atoms with Crippen LogP contribution in [0.2, 0.25) is 0 Å². The third-order valence-electron chi connectivity index (χ3n) is 1.99. The first-order valence-corrected chi connectivity index (χ1v) is 4.71. The van der Waals surface area contributed by atoms with E-state index in [-0.39, 0.29) is 0 Å². The zero-order valence-corrected chi connectivity index (χ0v) is 7.87. The maximum Gasteiger partial charge on any atom is 0.0977 e. The van der Waals surface area contributed by atoms with Crippen LogP contribution < -0.4 is 0 Å². The van der Waals surface area contributed by atoms with Crippen molar-refractivity contribution in [3.63, 3.8) is 0 Å². The highest BCUT2D eigenvalue weighted by Crippen LogP contribution is 2.08. The van der Waals surface area contributed by atoms with Gasteiger partial charge in [0.1, 0.15) is 0 Å². The Labute approximate surface area is 74.9 Å². The highest BCUT2D eigenvalue weighted by Gasteiger charge is 2.10. The zero-order valence-electron chi connectivity index (χ0n) is 7.87. The lowest BCUT2D eigenvalue weighted by Gasteiger charge is -2.13. The van der Waals surface area contributed by atoms with E-state index in [0.29, 0.717) is 6.42 Å². The molecular formula is C10H20O2. The fraction of sp³-hybridized carbons (Fsp3) is 0.800. The molecule has 0 spiro atoms. The Morgan fingerprint density at radius 2 is 1.92 bits per heavy atom. The molecule has 2 N–H and O–H groups in total. The summed E-state index contributed by atoms with van der Waals surface area (Å²) < 4.78 is 0. The Morgan fingerprint density at radius 1 is 1.25 bits per heavy atom. The van der Waals surface area contributed by atoms with E-state index in [9.17, 15) is 5.11 Å².